The maximum atomic E-state index is 10.9. The van der Waals surface area contributed by atoms with Gasteiger partial charge in [-0.05, 0) is 12.5 Å². The van der Waals surface area contributed by atoms with Crippen molar-refractivity contribution in [1.29, 1.82) is 0 Å². The lowest BCUT2D eigenvalue weighted by atomic mass is 10.2. The molecule has 0 bridgehead atoms. The van der Waals surface area contributed by atoms with Crippen molar-refractivity contribution >= 4 is 15.7 Å². The van der Waals surface area contributed by atoms with Gasteiger partial charge in [0.15, 0.2) is 0 Å². The SMILES string of the molecule is COCCC[Si]OC(=O)C(C)C. The van der Waals surface area contributed by atoms with Gasteiger partial charge in [-0.1, -0.05) is 13.8 Å². The Morgan fingerprint density at radius 3 is 2.67 bits per heavy atom. The predicted molar refractivity (Wildman–Crippen MR) is 48.0 cm³/mol. The molecule has 0 aromatic carbocycles. The third kappa shape index (κ3) is 6.36. The van der Waals surface area contributed by atoms with Crippen LogP contribution in [-0.4, -0.2) is 29.4 Å². The summed E-state index contributed by atoms with van der Waals surface area (Å²) in [5, 5.41) is 0. The van der Waals surface area contributed by atoms with E-state index in [2.05, 4.69) is 0 Å². The molecule has 0 fully saturated rings. The fraction of sp³-hybridized carbons (Fsp3) is 0.875. The van der Waals surface area contributed by atoms with E-state index in [-0.39, 0.29) is 21.7 Å². The first-order valence-corrected chi connectivity index (χ1v) is 5.22. The number of methoxy groups -OCH3 is 1. The molecule has 0 N–H and O–H groups in total. The second-order valence-electron chi connectivity index (χ2n) is 2.82. The normalized spacial score (nSPS) is 10.3. The second kappa shape index (κ2) is 7.30. The molecular weight excluding hydrogens is 172 g/mol. The fourth-order valence-electron chi connectivity index (χ4n) is 0.529. The van der Waals surface area contributed by atoms with Gasteiger partial charge in [0.25, 0.3) is 5.97 Å². The molecule has 0 heterocycles. The highest BCUT2D eigenvalue weighted by molar-refractivity contribution is 6.30. The van der Waals surface area contributed by atoms with Crippen LogP contribution in [0.5, 0.6) is 0 Å². The maximum absolute atomic E-state index is 10.9. The smallest absolute Gasteiger partial charge is 0.314 e. The third-order valence-corrected chi connectivity index (χ3v) is 2.17. The minimum atomic E-state index is -0.106. The highest BCUT2D eigenvalue weighted by Gasteiger charge is 2.07. The molecule has 0 saturated carbocycles. The average Bonchev–Trinajstić information content (AvgIpc) is 2.03. The zero-order chi connectivity index (χ0) is 9.40. The number of ether oxygens (including phenoxy) is 1. The largest absolute Gasteiger partial charge is 0.516 e. The molecular formula is C8H16O3Si. The molecule has 0 aliphatic carbocycles. The molecule has 0 spiro atoms. The summed E-state index contributed by atoms with van der Waals surface area (Å²) in [6.45, 7) is 4.41. The molecule has 2 radical (unpaired) electrons. The average molecular weight is 188 g/mol. The number of carbonyl (C=O) groups is 1. The summed E-state index contributed by atoms with van der Waals surface area (Å²) in [6.07, 6.45) is 0.959. The minimum Gasteiger partial charge on any atom is -0.516 e. The van der Waals surface area contributed by atoms with Crippen molar-refractivity contribution in [2.24, 2.45) is 5.92 Å². The standard InChI is InChI=1S/C8H16O3Si/c1-7(2)8(9)11-12-6-4-5-10-3/h7H,4-6H2,1-3H3. The van der Waals surface area contributed by atoms with Crippen molar-refractivity contribution in [1.82, 2.24) is 0 Å². The zero-order valence-electron chi connectivity index (χ0n) is 7.92. The van der Waals surface area contributed by atoms with Gasteiger partial charge >= 0.3 is 9.76 Å². The topological polar surface area (TPSA) is 35.5 Å². The molecule has 0 aliphatic rings. The third-order valence-electron chi connectivity index (χ3n) is 1.27. The first kappa shape index (κ1) is 11.6. The lowest BCUT2D eigenvalue weighted by molar-refractivity contribution is -0.137. The summed E-state index contributed by atoms with van der Waals surface area (Å²) in [6, 6.07) is 0.909. The van der Waals surface area contributed by atoms with Gasteiger partial charge in [0.05, 0.1) is 0 Å². The van der Waals surface area contributed by atoms with Gasteiger partial charge in [-0.25, -0.2) is 0 Å². The molecule has 0 amide bonds. The molecule has 0 unspecified atom stereocenters. The van der Waals surface area contributed by atoms with Crippen molar-refractivity contribution in [3.05, 3.63) is 0 Å². The van der Waals surface area contributed by atoms with Crippen LogP contribution < -0.4 is 0 Å². The first-order chi connectivity index (χ1) is 5.68. The minimum absolute atomic E-state index is 0.0140. The molecule has 12 heavy (non-hydrogen) atoms. The Balaban J connectivity index is 3.14. The van der Waals surface area contributed by atoms with Gasteiger partial charge in [-0.2, -0.15) is 0 Å². The van der Waals surface area contributed by atoms with Gasteiger partial charge in [0.2, 0.25) is 0 Å². The van der Waals surface area contributed by atoms with E-state index < -0.39 is 0 Å². The Bertz CT molecular complexity index is 125. The molecule has 4 heteroatoms. The molecule has 0 rings (SSSR count). The van der Waals surface area contributed by atoms with Crippen molar-refractivity contribution in [2.45, 2.75) is 26.3 Å². The van der Waals surface area contributed by atoms with Gasteiger partial charge < -0.3 is 9.16 Å². The number of hydrogen-bond donors (Lipinski definition) is 0. The van der Waals surface area contributed by atoms with Crippen molar-refractivity contribution < 1.29 is 14.0 Å². The van der Waals surface area contributed by atoms with Crippen LogP contribution in [0.1, 0.15) is 20.3 Å². The van der Waals surface area contributed by atoms with E-state index in [9.17, 15) is 4.79 Å². The molecule has 0 aromatic heterocycles. The van der Waals surface area contributed by atoms with E-state index in [4.69, 9.17) is 9.16 Å². The summed E-state index contributed by atoms with van der Waals surface area (Å²) in [7, 11) is 1.96. The van der Waals surface area contributed by atoms with E-state index in [0.29, 0.717) is 0 Å². The molecule has 3 nitrogen and oxygen atoms in total. The number of rotatable bonds is 6. The first-order valence-electron chi connectivity index (χ1n) is 4.11. The van der Waals surface area contributed by atoms with Crippen LogP contribution in [0, 0.1) is 5.92 Å². The molecule has 70 valence electrons. The Hall–Kier alpha value is -0.353. The van der Waals surface area contributed by atoms with E-state index in [1.807, 2.05) is 13.8 Å². The highest BCUT2D eigenvalue weighted by Crippen LogP contribution is 1.97. The van der Waals surface area contributed by atoms with Crippen LogP contribution in [0.15, 0.2) is 0 Å². The lowest BCUT2D eigenvalue weighted by Crippen LogP contribution is -2.14. The van der Waals surface area contributed by atoms with Gasteiger partial charge in [-0.3, -0.25) is 4.79 Å². The summed E-state index contributed by atoms with van der Waals surface area (Å²) < 4.78 is 9.84. The molecule has 0 aliphatic heterocycles. The van der Waals surface area contributed by atoms with Crippen LogP contribution in [0.3, 0.4) is 0 Å². The molecule has 0 aromatic rings. The second-order valence-corrected chi connectivity index (χ2v) is 3.81. The number of hydrogen-bond acceptors (Lipinski definition) is 3. The van der Waals surface area contributed by atoms with Gasteiger partial charge in [-0.15, -0.1) is 0 Å². The Labute approximate surface area is 76.4 Å². The van der Waals surface area contributed by atoms with Crippen LogP contribution in [0.2, 0.25) is 6.04 Å². The van der Waals surface area contributed by atoms with E-state index in [1.165, 1.54) is 0 Å². The quantitative estimate of drug-likeness (QED) is 0.465. The Morgan fingerprint density at radius 1 is 1.50 bits per heavy atom. The van der Waals surface area contributed by atoms with E-state index in [0.717, 1.165) is 19.1 Å². The van der Waals surface area contributed by atoms with E-state index >= 15 is 0 Å². The summed E-state index contributed by atoms with van der Waals surface area (Å²) in [5.74, 6) is -0.120. The molecule has 0 saturated heterocycles. The fourth-order valence-corrected chi connectivity index (χ4v) is 1.30. The summed E-state index contributed by atoms with van der Waals surface area (Å²) in [4.78, 5) is 10.9. The summed E-state index contributed by atoms with van der Waals surface area (Å²) in [5.41, 5.74) is 0. The number of carbonyl (C=O) groups excluding carboxylic acids is 1. The van der Waals surface area contributed by atoms with Crippen molar-refractivity contribution in [2.75, 3.05) is 13.7 Å². The van der Waals surface area contributed by atoms with Crippen molar-refractivity contribution in [3.8, 4) is 0 Å². The lowest BCUT2D eigenvalue weighted by Gasteiger charge is -2.04. The predicted octanol–water partition coefficient (Wildman–Crippen LogP) is 1.26. The zero-order valence-corrected chi connectivity index (χ0v) is 8.92. The van der Waals surface area contributed by atoms with Crippen LogP contribution in [0.25, 0.3) is 0 Å². The van der Waals surface area contributed by atoms with Gasteiger partial charge in [0, 0.05) is 19.6 Å². The Kier molecular flexibility index (Phi) is 7.09. The van der Waals surface area contributed by atoms with Crippen LogP contribution in [0.4, 0.5) is 0 Å². The monoisotopic (exact) mass is 188 g/mol. The van der Waals surface area contributed by atoms with Crippen LogP contribution in [-0.2, 0) is 14.0 Å². The highest BCUT2D eigenvalue weighted by atomic mass is 28.2. The van der Waals surface area contributed by atoms with E-state index in [1.54, 1.807) is 7.11 Å². The summed E-state index contributed by atoms with van der Waals surface area (Å²) >= 11 is 0. The van der Waals surface area contributed by atoms with Crippen molar-refractivity contribution in [3.63, 3.8) is 0 Å². The maximum Gasteiger partial charge on any atom is 0.314 e. The Morgan fingerprint density at radius 2 is 2.17 bits per heavy atom. The van der Waals surface area contributed by atoms with Gasteiger partial charge in [0.1, 0.15) is 0 Å². The molecule has 0 atom stereocenters. The van der Waals surface area contributed by atoms with Crippen LogP contribution >= 0.6 is 0 Å².